The first-order chi connectivity index (χ1) is 14.2. The van der Waals surface area contributed by atoms with Gasteiger partial charge in [-0.15, -0.1) is 13.2 Å². The largest absolute Gasteiger partial charge is 0.573 e. The number of aromatic nitrogens is 4. The zero-order valence-electron chi connectivity index (χ0n) is 14.8. The molecule has 4 rings (SSSR count). The van der Waals surface area contributed by atoms with Crippen molar-refractivity contribution in [2.75, 3.05) is 0 Å². The number of alkyl halides is 3. The number of nitrogens with one attached hydrogen (secondary N) is 1. The molecule has 0 saturated heterocycles. The lowest BCUT2D eigenvalue weighted by molar-refractivity contribution is -0.274. The number of ether oxygens (including phenoxy) is 1. The van der Waals surface area contributed by atoms with E-state index in [1.54, 1.807) is 6.07 Å². The monoisotopic (exact) mass is 416 g/mol. The Bertz CT molecular complexity index is 1330. The van der Waals surface area contributed by atoms with Gasteiger partial charge >= 0.3 is 12.3 Å². The summed E-state index contributed by atoms with van der Waals surface area (Å²) in [7, 11) is 0. The fourth-order valence-electron chi connectivity index (χ4n) is 2.87. The predicted octanol–water partition coefficient (Wildman–Crippen LogP) is 3.37. The van der Waals surface area contributed by atoms with Crippen LogP contribution >= 0.6 is 0 Å². The Morgan fingerprint density at radius 3 is 2.63 bits per heavy atom. The van der Waals surface area contributed by atoms with E-state index in [0.717, 1.165) is 10.9 Å². The minimum atomic E-state index is -4.86. The van der Waals surface area contributed by atoms with E-state index in [2.05, 4.69) is 19.8 Å². The van der Waals surface area contributed by atoms with Gasteiger partial charge in [-0.2, -0.15) is 5.10 Å². The molecule has 0 spiro atoms. The number of fused-ring (bicyclic) bond motifs is 1. The summed E-state index contributed by atoms with van der Waals surface area (Å²) in [6.45, 7) is 0. The third-order valence-corrected chi connectivity index (χ3v) is 4.16. The van der Waals surface area contributed by atoms with Gasteiger partial charge < -0.3 is 9.84 Å². The molecule has 0 saturated carbocycles. The molecule has 0 amide bonds. The molecule has 30 heavy (non-hydrogen) atoms. The van der Waals surface area contributed by atoms with Crippen LogP contribution in [-0.4, -0.2) is 37.2 Å². The van der Waals surface area contributed by atoms with E-state index in [1.165, 1.54) is 42.6 Å². The molecule has 0 radical (unpaired) electrons. The number of rotatable bonds is 4. The first-order valence-corrected chi connectivity index (χ1v) is 8.39. The Balaban J connectivity index is 1.79. The molecule has 8 nitrogen and oxygen atoms in total. The molecule has 0 unspecified atom stereocenters. The maximum atomic E-state index is 12.7. The van der Waals surface area contributed by atoms with Crippen molar-refractivity contribution in [1.82, 2.24) is 19.7 Å². The number of carboxylic acid groups (broad SMARTS) is 1. The number of aromatic carboxylic acids is 1. The van der Waals surface area contributed by atoms with Gasteiger partial charge in [0.05, 0.1) is 22.7 Å². The summed E-state index contributed by atoms with van der Waals surface area (Å²) >= 11 is 0. The van der Waals surface area contributed by atoms with Gasteiger partial charge in [0.1, 0.15) is 5.75 Å². The normalized spacial score (nSPS) is 11.6. The molecule has 152 valence electrons. The number of carboxylic acids is 1. The quantitative estimate of drug-likeness (QED) is 0.528. The highest BCUT2D eigenvalue weighted by atomic mass is 19.4. The van der Waals surface area contributed by atoms with Gasteiger partial charge in [-0.25, -0.2) is 14.5 Å². The first-order valence-electron chi connectivity index (χ1n) is 8.39. The number of para-hydroxylation sites is 1. The number of benzene rings is 2. The molecule has 2 N–H and O–H groups in total. The standard InChI is InChI=1S/C19H11F3N4O4/c20-19(21,22)30-15-4-2-1-3-12(15)10-5-6-14-13(7-10)16(27)25-18(24-14)26-9-11(8-23-26)17(28)29/h1-9H,(H,28,29)(H,24,25,27). The van der Waals surface area contributed by atoms with E-state index in [9.17, 15) is 22.8 Å². The van der Waals surface area contributed by atoms with Gasteiger partial charge in [-0.1, -0.05) is 24.3 Å². The molecule has 4 aromatic rings. The number of hydrogen-bond acceptors (Lipinski definition) is 5. The second-order valence-corrected chi connectivity index (χ2v) is 6.14. The fraction of sp³-hybridized carbons (Fsp3) is 0.0526. The van der Waals surface area contributed by atoms with Gasteiger partial charge in [0.15, 0.2) is 0 Å². The number of aromatic amines is 1. The van der Waals surface area contributed by atoms with Gasteiger partial charge in [-0.05, 0) is 23.8 Å². The van der Waals surface area contributed by atoms with E-state index < -0.39 is 23.6 Å². The van der Waals surface area contributed by atoms with E-state index in [0.29, 0.717) is 5.56 Å². The minimum absolute atomic E-state index is 0.00597. The van der Waals surface area contributed by atoms with Gasteiger partial charge in [0, 0.05) is 11.8 Å². The molecule has 0 aliphatic heterocycles. The SMILES string of the molecule is O=C(O)c1cnn(-c2nc3ccc(-c4ccccc4OC(F)(F)F)cc3c(=O)[nH]2)c1. The summed E-state index contributed by atoms with van der Waals surface area (Å²) in [6, 6.07) is 9.94. The van der Waals surface area contributed by atoms with Crippen LogP contribution in [0.5, 0.6) is 5.75 Å². The number of H-pyrrole nitrogens is 1. The third-order valence-electron chi connectivity index (χ3n) is 4.16. The van der Waals surface area contributed by atoms with Crippen molar-refractivity contribution < 1.29 is 27.8 Å². The molecule has 11 heteroatoms. The topological polar surface area (TPSA) is 110 Å². The van der Waals surface area contributed by atoms with Crippen molar-refractivity contribution in [2.24, 2.45) is 0 Å². The Labute approximate surface area is 165 Å². The summed E-state index contributed by atoms with van der Waals surface area (Å²) in [6.07, 6.45) is -2.57. The number of carbonyl (C=O) groups is 1. The average Bonchev–Trinajstić information content (AvgIpc) is 3.18. The Hall–Kier alpha value is -4.15. The van der Waals surface area contributed by atoms with Crippen LogP contribution in [0.2, 0.25) is 0 Å². The lowest BCUT2D eigenvalue weighted by Gasteiger charge is -2.13. The molecule has 2 aromatic heterocycles. The Morgan fingerprint density at radius 1 is 1.17 bits per heavy atom. The summed E-state index contributed by atoms with van der Waals surface area (Å²) in [4.78, 5) is 30.2. The second-order valence-electron chi connectivity index (χ2n) is 6.14. The molecule has 0 aliphatic carbocycles. The Morgan fingerprint density at radius 2 is 1.93 bits per heavy atom. The molecule has 0 bridgehead atoms. The van der Waals surface area contributed by atoms with Crippen LogP contribution in [0.4, 0.5) is 13.2 Å². The van der Waals surface area contributed by atoms with Gasteiger partial charge in [0.25, 0.3) is 5.56 Å². The van der Waals surface area contributed by atoms with E-state index >= 15 is 0 Å². The van der Waals surface area contributed by atoms with Crippen molar-refractivity contribution >= 4 is 16.9 Å². The van der Waals surface area contributed by atoms with E-state index in [1.807, 2.05) is 0 Å². The van der Waals surface area contributed by atoms with Crippen molar-refractivity contribution in [2.45, 2.75) is 6.36 Å². The maximum absolute atomic E-state index is 12.7. The molecule has 2 aromatic carbocycles. The minimum Gasteiger partial charge on any atom is -0.478 e. The molecule has 0 fully saturated rings. The predicted molar refractivity (Wildman–Crippen MR) is 98.6 cm³/mol. The summed E-state index contributed by atoms with van der Waals surface area (Å²) in [5, 5.41) is 13.0. The number of halogens is 3. The van der Waals surface area contributed by atoms with E-state index in [-0.39, 0.29) is 28.0 Å². The zero-order valence-corrected chi connectivity index (χ0v) is 14.8. The smallest absolute Gasteiger partial charge is 0.478 e. The van der Waals surface area contributed by atoms with Crippen molar-refractivity contribution in [3.8, 4) is 22.8 Å². The van der Waals surface area contributed by atoms with Crippen LogP contribution in [0.1, 0.15) is 10.4 Å². The highest BCUT2D eigenvalue weighted by Gasteiger charge is 2.32. The highest BCUT2D eigenvalue weighted by molar-refractivity contribution is 5.87. The zero-order chi connectivity index (χ0) is 21.5. The van der Waals surface area contributed by atoms with Crippen LogP contribution in [0.15, 0.2) is 59.7 Å². The summed E-state index contributed by atoms with van der Waals surface area (Å²) < 4.78 is 43.2. The lowest BCUT2D eigenvalue weighted by atomic mass is 10.0. The van der Waals surface area contributed by atoms with Crippen LogP contribution in [0.25, 0.3) is 28.0 Å². The van der Waals surface area contributed by atoms with Crippen LogP contribution in [-0.2, 0) is 0 Å². The lowest BCUT2D eigenvalue weighted by Crippen LogP contribution is -2.17. The van der Waals surface area contributed by atoms with Crippen LogP contribution in [0, 0.1) is 0 Å². The average molecular weight is 416 g/mol. The van der Waals surface area contributed by atoms with Crippen molar-refractivity contribution in [3.05, 3.63) is 70.8 Å². The van der Waals surface area contributed by atoms with Crippen molar-refractivity contribution in [1.29, 1.82) is 0 Å². The van der Waals surface area contributed by atoms with Crippen LogP contribution < -0.4 is 10.3 Å². The maximum Gasteiger partial charge on any atom is 0.573 e. The Kier molecular flexibility index (Phi) is 4.49. The summed E-state index contributed by atoms with van der Waals surface area (Å²) in [5.41, 5.74) is 0.0694. The first kappa shape index (κ1) is 19.2. The molecule has 0 aliphatic rings. The molecular weight excluding hydrogens is 405 g/mol. The molecule has 0 atom stereocenters. The van der Waals surface area contributed by atoms with Crippen molar-refractivity contribution in [3.63, 3.8) is 0 Å². The molecular formula is C19H11F3N4O4. The molecule has 2 heterocycles. The third kappa shape index (κ3) is 3.72. The van der Waals surface area contributed by atoms with Gasteiger partial charge in [-0.3, -0.25) is 9.78 Å². The number of nitrogens with zero attached hydrogens (tertiary/aromatic N) is 3. The van der Waals surface area contributed by atoms with Crippen LogP contribution in [0.3, 0.4) is 0 Å². The van der Waals surface area contributed by atoms with Gasteiger partial charge in [0.2, 0.25) is 5.95 Å². The second kappa shape index (κ2) is 7.03. The summed E-state index contributed by atoms with van der Waals surface area (Å²) in [5.74, 6) is -1.59. The van der Waals surface area contributed by atoms with E-state index in [4.69, 9.17) is 5.11 Å². The fourth-order valence-corrected chi connectivity index (χ4v) is 2.87. The highest BCUT2D eigenvalue weighted by Crippen LogP contribution is 2.34. The number of hydrogen-bond donors (Lipinski definition) is 2.